The zero-order valence-electron chi connectivity index (χ0n) is 16.4. The SMILES string of the molecule is CN(Cc1ccccc1)CC1CCc2cc(C#N)ccc2C1c1ccccc1. The quantitative estimate of drug-likeness (QED) is 0.606. The highest BCUT2D eigenvalue weighted by Gasteiger charge is 2.31. The van der Waals surface area contributed by atoms with Crippen LogP contribution in [-0.2, 0) is 13.0 Å². The van der Waals surface area contributed by atoms with Crippen LogP contribution in [0.15, 0.2) is 78.9 Å². The van der Waals surface area contributed by atoms with Crippen LogP contribution in [0.1, 0.15) is 40.2 Å². The summed E-state index contributed by atoms with van der Waals surface area (Å²) in [4.78, 5) is 2.45. The van der Waals surface area contributed by atoms with Crippen molar-refractivity contribution in [2.24, 2.45) is 5.92 Å². The third-order valence-electron chi connectivity index (χ3n) is 5.86. The van der Waals surface area contributed by atoms with Crippen molar-refractivity contribution >= 4 is 0 Å². The number of hydrogen-bond acceptors (Lipinski definition) is 2. The molecule has 1 aliphatic rings. The molecule has 0 aliphatic heterocycles. The van der Waals surface area contributed by atoms with Gasteiger partial charge in [0.15, 0.2) is 0 Å². The fraction of sp³-hybridized carbons (Fsp3) is 0.269. The van der Waals surface area contributed by atoms with Crippen molar-refractivity contribution in [3.8, 4) is 6.07 Å². The van der Waals surface area contributed by atoms with E-state index in [4.69, 9.17) is 0 Å². The van der Waals surface area contributed by atoms with Crippen LogP contribution in [0.5, 0.6) is 0 Å². The third kappa shape index (κ3) is 4.01. The van der Waals surface area contributed by atoms with Crippen LogP contribution in [0.3, 0.4) is 0 Å². The Morgan fingerprint density at radius 2 is 1.68 bits per heavy atom. The van der Waals surface area contributed by atoms with E-state index in [0.717, 1.165) is 31.5 Å². The summed E-state index contributed by atoms with van der Waals surface area (Å²) >= 11 is 0. The largest absolute Gasteiger partial charge is 0.302 e. The minimum atomic E-state index is 0.385. The minimum Gasteiger partial charge on any atom is -0.302 e. The molecule has 4 rings (SSSR count). The monoisotopic (exact) mass is 366 g/mol. The van der Waals surface area contributed by atoms with Crippen molar-refractivity contribution in [1.82, 2.24) is 4.90 Å². The van der Waals surface area contributed by atoms with E-state index >= 15 is 0 Å². The molecule has 2 nitrogen and oxygen atoms in total. The Labute approximate surface area is 168 Å². The molecule has 0 radical (unpaired) electrons. The molecule has 0 saturated carbocycles. The minimum absolute atomic E-state index is 0.385. The number of fused-ring (bicyclic) bond motifs is 1. The van der Waals surface area contributed by atoms with Crippen LogP contribution < -0.4 is 0 Å². The molecule has 0 aromatic heterocycles. The number of nitrogens with zero attached hydrogens (tertiary/aromatic N) is 2. The van der Waals surface area contributed by atoms with Crippen molar-refractivity contribution in [1.29, 1.82) is 5.26 Å². The standard InChI is InChI=1S/C26H26N2/c1-28(18-20-8-4-2-5-9-20)19-24-14-13-23-16-21(17-27)12-15-25(23)26(24)22-10-6-3-7-11-22/h2-12,15-16,24,26H,13-14,18-19H2,1H3. The lowest BCUT2D eigenvalue weighted by atomic mass is 9.71. The van der Waals surface area contributed by atoms with E-state index in [1.807, 2.05) is 6.07 Å². The Morgan fingerprint density at radius 1 is 0.964 bits per heavy atom. The molecule has 28 heavy (non-hydrogen) atoms. The van der Waals surface area contributed by atoms with E-state index in [-0.39, 0.29) is 0 Å². The maximum absolute atomic E-state index is 9.28. The summed E-state index contributed by atoms with van der Waals surface area (Å²) in [5.41, 5.74) is 6.25. The number of hydrogen-bond donors (Lipinski definition) is 0. The highest BCUT2D eigenvalue weighted by atomic mass is 15.1. The molecular weight excluding hydrogens is 340 g/mol. The van der Waals surface area contributed by atoms with Gasteiger partial charge in [0.2, 0.25) is 0 Å². The molecule has 1 aliphatic carbocycles. The Morgan fingerprint density at radius 3 is 2.39 bits per heavy atom. The van der Waals surface area contributed by atoms with E-state index in [0.29, 0.717) is 11.8 Å². The molecule has 2 heteroatoms. The third-order valence-corrected chi connectivity index (χ3v) is 5.86. The zero-order valence-corrected chi connectivity index (χ0v) is 16.4. The van der Waals surface area contributed by atoms with Gasteiger partial charge in [-0.2, -0.15) is 5.26 Å². The Balaban J connectivity index is 1.61. The van der Waals surface area contributed by atoms with Gasteiger partial charge in [-0.15, -0.1) is 0 Å². The van der Waals surface area contributed by atoms with Gasteiger partial charge in [-0.1, -0.05) is 66.7 Å². The normalized spacial score (nSPS) is 18.5. The number of nitriles is 1. The average molecular weight is 367 g/mol. The van der Waals surface area contributed by atoms with Crippen molar-refractivity contribution in [3.63, 3.8) is 0 Å². The Kier molecular flexibility index (Phi) is 5.55. The first kappa shape index (κ1) is 18.5. The molecule has 0 amide bonds. The van der Waals surface area contributed by atoms with Crippen molar-refractivity contribution < 1.29 is 0 Å². The van der Waals surface area contributed by atoms with Crippen LogP contribution >= 0.6 is 0 Å². The van der Waals surface area contributed by atoms with Crippen molar-refractivity contribution in [2.45, 2.75) is 25.3 Å². The van der Waals surface area contributed by atoms with E-state index in [1.165, 1.54) is 22.3 Å². The van der Waals surface area contributed by atoms with Crippen molar-refractivity contribution in [3.05, 3.63) is 107 Å². The molecule has 0 saturated heterocycles. The zero-order chi connectivity index (χ0) is 19.3. The smallest absolute Gasteiger partial charge is 0.0991 e. The van der Waals surface area contributed by atoms with Crippen LogP contribution in [-0.4, -0.2) is 18.5 Å². The Hall–Kier alpha value is -2.89. The average Bonchev–Trinajstić information content (AvgIpc) is 2.74. The van der Waals surface area contributed by atoms with E-state index in [1.54, 1.807) is 0 Å². The van der Waals surface area contributed by atoms with Gasteiger partial charge < -0.3 is 4.90 Å². The molecule has 2 atom stereocenters. The van der Waals surface area contributed by atoms with Crippen LogP contribution in [0.25, 0.3) is 0 Å². The lowest BCUT2D eigenvalue weighted by molar-refractivity contribution is 0.239. The van der Waals surface area contributed by atoms with Gasteiger partial charge in [-0.25, -0.2) is 0 Å². The molecule has 2 unspecified atom stereocenters. The van der Waals surface area contributed by atoms with E-state index in [9.17, 15) is 5.26 Å². The molecule has 140 valence electrons. The first-order chi connectivity index (χ1) is 13.7. The first-order valence-corrected chi connectivity index (χ1v) is 10.0. The second-order valence-corrected chi connectivity index (χ2v) is 7.89. The van der Waals surface area contributed by atoms with E-state index in [2.05, 4.69) is 90.8 Å². The molecule has 3 aromatic rings. The summed E-state index contributed by atoms with van der Waals surface area (Å²) in [6.07, 6.45) is 2.21. The van der Waals surface area contributed by atoms with Crippen LogP contribution in [0.4, 0.5) is 0 Å². The van der Waals surface area contributed by atoms with Gasteiger partial charge in [-0.05, 0) is 60.2 Å². The van der Waals surface area contributed by atoms with Gasteiger partial charge in [-0.3, -0.25) is 0 Å². The summed E-state index contributed by atoms with van der Waals surface area (Å²) in [7, 11) is 2.23. The van der Waals surface area contributed by atoms with Gasteiger partial charge >= 0.3 is 0 Å². The fourth-order valence-electron chi connectivity index (χ4n) is 4.63. The van der Waals surface area contributed by atoms with Gasteiger partial charge in [0.05, 0.1) is 11.6 Å². The number of benzene rings is 3. The van der Waals surface area contributed by atoms with Crippen molar-refractivity contribution in [2.75, 3.05) is 13.6 Å². The summed E-state index contributed by atoms with van der Waals surface area (Å²) < 4.78 is 0. The summed E-state index contributed by atoms with van der Waals surface area (Å²) in [5, 5.41) is 9.28. The fourth-order valence-corrected chi connectivity index (χ4v) is 4.63. The molecule has 0 spiro atoms. The second-order valence-electron chi connectivity index (χ2n) is 7.89. The predicted octanol–water partition coefficient (Wildman–Crippen LogP) is 5.38. The first-order valence-electron chi connectivity index (χ1n) is 10.0. The lowest BCUT2D eigenvalue weighted by Gasteiger charge is -2.36. The topological polar surface area (TPSA) is 27.0 Å². The van der Waals surface area contributed by atoms with Gasteiger partial charge in [0, 0.05) is 19.0 Å². The Bertz CT molecular complexity index is 957. The molecule has 0 N–H and O–H groups in total. The molecule has 0 heterocycles. The molecular formula is C26H26N2. The highest BCUT2D eigenvalue weighted by molar-refractivity contribution is 5.45. The maximum atomic E-state index is 9.28. The summed E-state index contributed by atoms with van der Waals surface area (Å²) in [5.74, 6) is 0.951. The number of aryl methyl sites for hydroxylation is 1. The van der Waals surface area contributed by atoms with Gasteiger partial charge in [0.1, 0.15) is 0 Å². The number of rotatable bonds is 5. The molecule has 0 fully saturated rings. The highest BCUT2D eigenvalue weighted by Crippen LogP contribution is 2.41. The second kappa shape index (κ2) is 8.42. The summed E-state index contributed by atoms with van der Waals surface area (Å²) in [6.45, 7) is 2.03. The predicted molar refractivity (Wildman–Crippen MR) is 114 cm³/mol. The van der Waals surface area contributed by atoms with Crippen LogP contribution in [0, 0.1) is 17.2 Å². The maximum Gasteiger partial charge on any atom is 0.0991 e. The molecule has 3 aromatic carbocycles. The van der Waals surface area contributed by atoms with Crippen LogP contribution in [0.2, 0.25) is 0 Å². The lowest BCUT2D eigenvalue weighted by Crippen LogP contribution is -2.32. The van der Waals surface area contributed by atoms with E-state index < -0.39 is 0 Å². The summed E-state index contributed by atoms with van der Waals surface area (Å²) in [6, 6.07) is 30.1. The van der Waals surface area contributed by atoms with Gasteiger partial charge in [0.25, 0.3) is 0 Å². The molecule has 0 bridgehead atoms.